The van der Waals surface area contributed by atoms with Crippen molar-refractivity contribution >= 4 is 0 Å². The number of ether oxygens (including phenoxy) is 3. The van der Waals surface area contributed by atoms with Gasteiger partial charge in [-0.05, 0) is 36.7 Å². The first kappa shape index (κ1) is 15.2. The van der Waals surface area contributed by atoms with Gasteiger partial charge in [-0.15, -0.1) is 0 Å². The standard InChI is InChI=1S/C15H21N3O3/c1-19-13-10-12(4-5-16)11-14(20-2)15(13)21-9-8-18-7-3-6-17-18/h3,6-7,10-11H,4-5,8-9,16H2,1-2H3. The number of nitrogens with two attached hydrogens (primary N) is 1. The Bertz CT molecular complexity index is 530. The zero-order valence-electron chi connectivity index (χ0n) is 12.4. The number of nitrogens with zero attached hydrogens (tertiary/aromatic N) is 2. The summed E-state index contributed by atoms with van der Waals surface area (Å²) in [6, 6.07) is 5.74. The minimum atomic E-state index is 0.477. The molecule has 0 fully saturated rings. The Kier molecular flexibility index (Phi) is 5.45. The van der Waals surface area contributed by atoms with E-state index in [-0.39, 0.29) is 0 Å². The highest BCUT2D eigenvalue weighted by Gasteiger charge is 2.14. The second-order valence-electron chi connectivity index (χ2n) is 4.49. The maximum atomic E-state index is 5.81. The highest BCUT2D eigenvalue weighted by atomic mass is 16.5. The van der Waals surface area contributed by atoms with Gasteiger partial charge in [0.25, 0.3) is 0 Å². The smallest absolute Gasteiger partial charge is 0.203 e. The van der Waals surface area contributed by atoms with E-state index in [9.17, 15) is 0 Å². The largest absolute Gasteiger partial charge is 0.493 e. The summed E-state index contributed by atoms with van der Waals surface area (Å²) >= 11 is 0. The third kappa shape index (κ3) is 3.88. The van der Waals surface area contributed by atoms with Crippen LogP contribution in [0.5, 0.6) is 17.2 Å². The molecule has 0 unspecified atom stereocenters. The molecule has 0 saturated carbocycles. The van der Waals surface area contributed by atoms with Crippen LogP contribution in [0.25, 0.3) is 0 Å². The van der Waals surface area contributed by atoms with Gasteiger partial charge in [-0.25, -0.2) is 0 Å². The van der Waals surface area contributed by atoms with E-state index in [1.54, 1.807) is 20.4 Å². The molecule has 2 N–H and O–H groups in total. The lowest BCUT2D eigenvalue weighted by molar-refractivity contribution is 0.258. The van der Waals surface area contributed by atoms with Crippen molar-refractivity contribution in [1.82, 2.24) is 9.78 Å². The Labute approximate surface area is 124 Å². The Morgan fingerprint density at radius 3 is 2.43 bits per heavy atom. The fourth-order valence-corrected chi connectivity index (χ4v) is 2.06. The summed E-state index contributed by atoms with van der Waals surface area (Å²) in [6.45, 7) is 1.71. The van der Waals surface area contributed by atoms with Crippen LogP contribution in [-0.4, -0.2) is 37.2 Å². The van der Waals surface area contributed by atoms with Gasteiger partial charge in [0.05, 0.1) is 20.8 Å². The average Bonchev–Trinajstić information content (AvgIpc) is 3.01. The average molecular weight is 291 g/mol. The molecule has 6 nitrogen and oxygen atoms in total. The molecule has 0 aliphatic carbocycles. The van der Waals surface area contributed by atoms with Crippen molar-refractivity contribution in [2.45, 2.75) is 13.0 Å². The van der Waals surface area contributed by atoms with E-state index in [4.69, 9.17) is 19.9 Å². The van der Waals surface area contributed by atoms with Crippen LogP contribution in [0.4, 0.5) is 0 Å². The maximum Gasteiger partial charge on any atom is 0.203 e. The zero-order valence-corrected chi connectivity index (χ0v) is 12.4. The van der Waals surface area contributed by atoms with Crippen LogP contribution in [0.15, 0.2) is 30.6 Å². The quantitative estimate of drug-likeness (QED) is 0.797. The van der Waals surface area contributed by atoms with Crippen molar-refractivity contribution < 1.29 is 14.2 Å². The fourth-order valence-electron chi connectivity index (χ4n) is 2.06. The van der Waals surface area contributed by atoms with E-state index in [1.807, 2.05) is 29.1 Å². The zero-order chi connectivity index (χ0) is 15.1. The van der Waals surface area contributed by atoms with Gasteiger partial charge in [0.2, 0.25) is 5.75 Å². The molecule has 6 heteroatoms. The first-order valence-corrected chi connectivity index (χ1v) is 6.83. The Morgan fingerprint density at radius 1 is 1.19 bits per heavy atom. The van der Waals surface area contributed by atoms with Crippen LogP contribution < -0.4 is 19.9 Å². The second-order valence-corrected chi connectivity index (χ2v) is 4.49. The summed E-state index contributed by atoms with van der Waals surface area (Å²) in [5.74, 6) is 1.91. The number of rotatable bonds is 8. The van der Waals surface area contributed by atoms with Gasteiger partial charge in [-0.2, -0.15) is 5.10 Å². The van der Waals surface area contributed by atoms with E-state index >= 15 is 0 Å². The molecule has 0 aliphatic heterocycles. The number of methoxy groups -OCH3 is 2. The third-order valence-corrected chi connectivity index (χ3v) is 3.08. The van der Waals surface area contributed by atoms with Crippen LogP contribution in [0.1, 0.15) is 5.56 Å². The highest BCUT2D eigenvalue weighted by molar-refractivity contribution is 5.54. The number of benzene rings is 1. The SMILES string of the molecule is COc1cc(CCN)cc(OC)c1OCCn1cccn1. The Balaban J connectivity index is 2.12. The lowest BCUT2D eigenvalue weighted by atomic mass is 10.1. The number of hydrogen-bond acceptors (Lipinski definition) is 5. The van der Waals surface area contributed by atoms with E-state index in [0.29, 0.717) is 36.9 Å². The van der Waals surface area contributed by atoms with Crippen LogP contribution in [-0.2, 0) is 13.0 Å². The molecule has 0 spiro atoms. The van der Waals surface area contributed by atoms with Gasteiger partial charge in [0.1, 0.15) is 6.61 Å². The van der Waals surface area contributed by atoms with E-state index in [2.05, 4.69) is 5.10 Å². The monoisotopic (exact) mass is 291 g/mol. The molecule has 0 amide bonds. The predicted molar refractivity (Wildman–Crippen MR) is 80.0 cm³/mol. The predicted octanol–water partition coefficient (Wildman–Crippen LogP) is 1.48. The van der Waals surface area contributed by atoms with Crippen LogP contribution >= 0.6 is 0 Å². The minimum Gasteiger partial charge on any atom is -0.493 e. The van der Waals surface area contributed by atoms with Crippen molar-refractivity contribution in [3.8, 4) is 17.2 Å². The van der Waals surface area contributed by atoms with E-state index < -0.39 is 0 Å². The van der Waals surface area contributed by atoms with Crippen molar-refractivity contribution in [2.75, 3.05) is 27.4 Å². The molecule has 1 aromatic heterocycles. The van der Waals surface area contributed by atoms with Crippen LogP contribution in [0.2, 0.25) is 0 Å². The maximum absolute atomic E-state index is 5.81. The molecule has 1 heterocycles. The van der Waals surface area contributed by atoms with Gasteiger partial charge < -0.3 is 19.9 Å². The summed E-state index contributed by atoms with van der Waals surface area (Å²) < 4.78 is 18.4. The lowest BCUT2D eigenvalue weighted by Crippen LogP contribution is -2.10. The van der Waals surface area contributed by atoms with Gasteiger partial charge in [0, 0.05) is 12.4 Å². The third-order valence-electron chi connectivity index (χ3n) is 3.08. The summed E-state index contributed by atoms with van der Waals surface area (Å²) in [5.41, 5.74) is 6.65. The molecular formula is C15H21N3O3. The minimum absolute atomic E-state index is 0.477. The summed E-state index contributed by atoms with van der Waals surface area (Å²) in [6.07, 6.45) is 4.39. The van der Waals surface area contributed by atoms with Gasteiger partial charge >= 0.3 is 0 Å². The summed E-state index contributed by atoms with van der Waals surface area (Å²) in [7, 11) is 3.22. The summed E-state index contributed by atoms with van der Waals surface area (Å²) in [4.78, 5) is 0. The van der Waals surface area contributed by atoms with Crippen molar-refractivity contribution in [3.63, 3.8) is 0 Å². The van der Waals surface area contributed by atoms with Crippen molar-refractivity contribution in [1.29, 1.82) is 0 Å². The molecule has 0 bridgehead atoms. The topological polar surface area (TPSA) is 71.5 Å². The Morgan fingerprint density at radius 2 is 1.90 bits per heavy atom. The highest BCUT2D eigenvalue weighted by Crippen LogP contribution is 2.38. The molecule has 0 atom stereocenters. The molecule has 0 saturated heterocycles. The van der Waals surface area contributed by atoms with Gasteiger partial charge in [-0.3, -0.25) is 4.68 Å². The van der Waals surface area contributed by atoms with Crippen LogP contribution in [0, 0.1) is 0 Å². The lowest BCUT2D eigenvalue weighted by Gasteiger charge is -2.16. The van der Waals surface area contributed by atoms with Crippen molar-refractivity contribution in [3.05, 3.63) is 36.2 Å². The molecular weight excluding hydrogens is 270 g/mol. The first-order chi connectivity index (χ1) is 10.3. The molecule has 21 heavy (non-hydrogen) atoms. The summed E-state index contributed by atoms with van der Waals surface area (Å²) in [5, 5.41) is 4.13. The fraction of sp³-hybridized carbons (Fsp3) is 0.400. The first-order valence-electron chi connectivity index (χ1n) is 6.83. The normalized spacial score (nSPS) is 10.4. The molecule has 2 rings (SSSR count). The molecule has 1 aromatic carbocycles. The van der Waals surface area contributed by atoms with Crippen molar-refractivity contribution in [2.24, 2.45) is 5.73 Å². The molecule has 0 aliphatic rings. The number of aromatic nitrogens is 2. The molecule has 0 radical (unpaired) electrons. The van der Waals surface area contributed by atoms with E-state index in [0.717, 1.165) is 12.0 Å². The molecule has 114 valence electrons. The number of hydrogen-bond donors (Lipinski definition) is 1. The Hall–Kier alpha value is -2.21. The van der Waals surface area contributed by atoms with E-state index in [1.165, 1.54) is 0 Å². The van der Waals surface area contributed by atoms with Crippen LogP contribution in [0.3, 0.4) is 0 Å². The van der Waals surface area contributed by atoms with Gasteiger partial charge in [0.15, 0.2) is 11.5 Å². The second kappa shape index (κ2) is 7.54. The molecule has 2 aromatic rings. The van der Waals surface area contributed by atoms with Gasteiger partial charge in [-0.1, -0.05) is 0 Å².